The third kappa shape index (κ3) is 4.10. The average molecular weight is 274 g/mol. The van der Waals surface area contributed by atoms with Crippen LogP contribution < -0.4 is 0 Å². The molecular weight excluding hydrogens is 256 g/mol. The Hall–Kier alpha value is -1.44. The van der Waals surface area contributed by atoms with E-state index in [1.54, 1.807) is 0 Å². The molecule has 7 nitrogen and oxygen atoms in total. The second kappa shape index (κ2) is 5.47. The lowest BCUT2D eigenvalue weighted by atomic mass is 10.2. The van der Waals surface area contributed by atoms with E-state index in [9.17, 15) is 13.2 Å². The van der Waals surface area contributed by atoms with Crippen LogP contribution in [0.15, 0.2) is 0 Å². The van der Waals surface area contributed by atoms with E-state index in [4.69, 9.17) is 0 Å². The predicted molar refractivity (Wildman–Crippen MR) is 67.1 cm³/mol. The quantitative estimate of drug-likeness (QED) is 0.818. The van der Waals surface area contributed by atoms with Crippen molar-refractivity contribution in [1.29, 1.82) is 0 Å². The number of hydrogen-bond donors (Lipinski definition) is 1. The number of carbonyl (C=O) groups is 1. The molecule has 1 rings (SSSR count). The van der Waals surface area contributed by atoms with Crippen LogP contribution in [-0.4, -0.2) is 60.0 Å². The predicted octanol–water partition coefficient (Wildman–Crippen LogP) is 0.0447. The highest BCUT2D eigenvalue weighted by molar-refractivity contribution is 7.90. The zero-order valence-electron chi connectivity index (χ0n) is 11.0. The molecule has 1 heterocycles. The lowest BCUT2D eigenvalue weighted by molar-refractivity contribution is 0.0792. The van der Waals surface area contributed by atoms with Gasteiger partial charge in [-0.25, -0.2) is 13.4 Å². The number of aromatic nitrogens is 3. The summed E-state index contributed by atoms with van der Waals surface area (Å²) in [6.45, 7) is 3.99. The Labute approximate surface area is 107 Å². The van der Waals surface area contributed by atoms with Crippen molar-refractivity contribution in [1.82, 2.24) is 20.1 Å². The molecule has 0 aliphatic rings. The molecule has 0 saturated heterocycles. The molecule has 0 aromatic carbocycles. The summed E-state index contributed by atoms with van der Waals surface area (Å²) in [7, 11) is -1.56. The van der Waals surface area contributed by atoms with Crippen molar-refractivity contribution < 1.29 is 13.2 Å². The molecule has 0 bridgehead atoms. The zero-order valence-corrected chi connectivity index (χ0v) is 11.8. The lowest BCUT2D eigenvalue weighted by Gasteiger charge is -2.14. The maximum atomic E-state index is 11.9. The summed E-state index contributed by atoms with van der Waals surface area (Å²) >= 11 is 0. The standard InChI is InChI=1S/C10H18N4O3S/c1-7(2)8-11-9(13-12-8)10(15)14(3)5-6-18(4,16)17/h7H,5-6H2,1-4H3,(H,11,12,13). The van der Waals surface area contributed by atoms with E-state index in [1.165, 1.54) is 11.9 Å². The van der Waals surface area contributed by atoms with E-state index >= 15 is 0 Å². The highest BCUT2D eigenvalue weighted by Crippen LogP contribution is 2.08. The molecule has 0 unspecified atom stereocenters. The summed E-state index contributed by atoms with van der Waals surface area (Å²) < 4.78 is 22.0. The van der Waals surface area contributed by atoms with Crippen LogP contribution in [0.1, 0.15) is 36.2 Å². The molecule has 1 aromatic rings. The monoisotopic (exact) mass is 274 g/mol. The highest BCUT2D eigenvalue weighted by atomic mass is 32.2. The number of hydrogen-bond acceptors (Lipinski definition) is 5. The van der Waals surface area contributed by atoms with Crippen LogP contribution in [0.4, 0.5) is 0 Å². The Morgan fingerprint density at radius 1 is 1.44 bits per heavy atom. The van der Waals surface area contributed by atoms with Gasteiger partial charge in [0.15, 0.2) is 0 Å². The average Bonchev–Trinajstić information content (AvgIpc) is 2.73. The number of aromatic amines is 1. The van der Waals surface area contributed by atoms with E-state index in [2.05, 4.69) is 15.2 Å². The van der Waals surface area contributed by atoms with Gasteiger partial charge in [-0.3, -0.25) is 9.89 Å². The maximum absolute atomic E-state index is 11.9. The van der Waals surface area contributed by atoms with Gasteiger partial charge in [0.25, 0.3) is 5.91 Å². The largest absolute Gasteiger partial charge is 0.338 e. The normalized spacial score (nSPS) is 11.8. The van der Waals surface area contributed by atoms with Crippen LogP contribution in [0, 0.1) is 0 Å². The van der Waals surface area contributed by atoms with Crippen LogP contribution in [0.5, 0.6) is 0 Å². The molecule has 0 radical (unpaired) electrons. The number of rotatable bonds is 5. The van der Waals surface area contributed by atoms with Gasteiger partial charge in [0, 0.05) is 25.8 Å². The Kier molecular flexibility index (Phi) is 4.44. The summed E-state index contributed by atoms with van der Waals surface area (Å²) in [5.41, 5.74) is 0. The van der Waals surface area contributed by atoms with Crippen molar-refractivity contribution >= 4 is 15.7 Å². The van der Waals surface area contributed by atoms with Crippen LogP contribution >= 0.6 is 0 Å². The third-order valence-corrected chi connectivity index (χ3v) is 3.31. The summed E-state index contributed by atoms with van der Waals surface area (Å²) in [6, 6.07) is 0. The smallest absolute Gasteiger partial charge is 0.293 e. The molecule has 0 atom stereocenters. The molecule has 18 heavy (non-hydrogen) atoms. The molecule has 0 aliphatic carbocycles. The number of sulfone groups is 1. The van der Waals surface area contributed by atoms with Gasteiger partial charge in [-0.2, -0.15) is 0 Å². The summed E-state index contributed by atoms with van der Waals surface area (Å²) in [5.74, 6) is 0.392. The van der Waals surface area contributed by atoms with E-state index < -0.39 is 9.84 Å². The first-order valence-electron chi connectivity index (χ1n) is 5.56. The Bertz CT molecular complexity index is 521. The second-order valence-electron chi connectivity index (χ2n) is 4.56. The lowest BCUT2D eigenvalue weighted by Crippen LogP contribution is -2.32. The van der Waals surface area contributed by atoms with Crippen LogP contribution in [0.3, 0.4) is 0 Å². The van der Waals surface area contributed by atoms with Crippen LogP contribution in [0.25, 0.3) is 0 Å². The number of carbonyl (C=O) groups excluding carboxylic acids is 1. The highest BCUT2D eigenvalue weighted by Gasteiger charge is 2.18. The maximum Gasteiger partial charge on any atom is 0.293 e. The van der Waals surface area contributed by atoms with Crippen molar-refractivity contribution in [2.75, 3.05) is 25.6 Å². The topological polar surface area (TPSA) is 96.0 Å². The van der Waals surface area contributed by atoms with Gasteiger partial charge in [-0.05, 0) is 0 Å². The molecular formula is C10H18N4O3S. The minimum Gasteiger partial charge on any atom is -0.338 e. The van der Waals surface area contributed by atoms with Crippen molar-refractivity contribution in [3.63, 3.8) is 0 Å². The van der Waals surface area contributed by atoms with Gasteiger partial charge < -0.3 is 4.90 Å². The van der Waals surface area contributed by atoms with Gasteiger partial charge in [0.1, 0.15) is 15.7 Å². The SMILES string of the molecule is CC(C)c1nc(C(=O)N(C)CCS(C)(=O)=O)n[nH]1. The summed E-state index contributed by atoms with van der Waals surface area (Å²) in [4.78, 5) is 17.3. The Balaban J connectivity index is 2.68. The van der Waals surface area contributed by atoms with Gasteiger partial charge >= 0.3 is 0 Å². The first-order valence-corrected chi connectivity index (χ1v) is 7.62. The van der Waals surface area contributed by atoms with E-state index in [-0.39, 0.29) is 29.9 Å². The fraction of sp³-hybridized carbons (Fsp3) is 0.700. The first kappa shape index (κ1) is 14.6. The fourth-order valence-corrected chi connectivity index (χ4v) is 1.81. The van der Waals surface area contributed by atoms with E-state index in [0.29, 0.717) is 5.82 Å². The molecule has 0 aliphatic heterocycles. The number of H-pyrrole nitrogens is 1. The molecule has 0 spiro atoms. The molecule has 1 N–H and O–H groups in total. The van der Waals surface area contributed by atoms with Crippen molar-refractivity contribution in [3.8, 4) is 0 Å². The fourth-order valence-electron chi connectivity index (χ4n) is 1.20. The van der Waals surface area contributed by atoms with E-state index in [0.717, 1.165) is 6.26 Å². The first-order chi connectivity index (χ1) is 8.20. The van der Waals surface area contributed by atoms with Crippen molar-refractivity contribution in [2.45, 2.75) is 19.8 Å². The molecule has 0 saturated carbocycles. The zero-order chi connectivity index (χ0) is 13.9. The van der Waals surface area contributed by atoms with Gasteiger partial charge in [-0.15, -0.1) is 5.10 Å². The summed E-state index contributed by atoms with van der Waals surface area (Å²) in [5, 5.41) is 6.51. The van der Waals surface area contributed by atoms with Crippen molar-refractivity contribution in [3.05, 3.63) is 11.6 Å². The Morgan fingerprint density at radius 3 is 2.50 bits per heavy atom. The van der Waals surface area contributed by atoms with Gasteiger partial charge in [0.2, 0.25) is 5.82 Å². The minimum absolute atomic E-state index is 0.0645. The molecule has 1 amide bonds. The van der Waals surface area contributed by atoms with Crippen LogP contribution in [-0.2, 0) is 9.84 Å². The number of nitrogens with zero attached hydrogens (tertiary/aromatic N) is 3. The molecule has 102 valence electrons. The van der Waals surface area contributed by atoms with Crippen LogP contribution in [0.2, 0.25) is 0 Å². The number of amides is 1. The molecule has 1 aromatic heterocycles. The second-order valence-corrected chi connectivity index (χ2v) is 6.82. The molecule has 0 fully saturated rings. The summed E-state index contributed by atoms with van der Waals surface area (Å²) in [6.07, 6.45) is 1.13. The van der Waals surface area contributed by atoms with Gasteiger partial charge in [-0.1, -0.05) is 13.8 Å². The van der Waals surface area contributed by atoms with Crippen molar-refractivity contribution in [2.24, 2.45) is 0 Å². The van der Waals surface area contributed by atoms with Gasteiger partial charge in [0.05, 0.1) is 5.75 Å². The van der Waals surface area contributed by atoms with E-state index in [1.807, 2.05) is 13.8 Å². The Morgan fingerprint density at radius 2 is 2.06 bits per heavy atom. The molecule has 8 heteroatoms. The third-order valence-electron chi connectivity index (χ3n) is 2.39. The number of nitrogens with one attached hydrogen (secondary N) is 1. The minimum atomic E-state index is -3.09.